The maximum atomic E-state index is 12.4. The van der Waals surface area contributed by atoms with Crippen LogP contribution < -0.4 is 16.0 Å². The maximum Gasteiger partial charge on any atom is 0.248 e. The summed E-state index contributed by atoms with van der Waals surface area (Å²) in [6.07, 6.45) is 2.70. The van der Waals surface area contributed by atoms with Crippen LogP contribution in [0.3, 0.4) is 0 Å². The van der Waals surface area contributed by atoms with Crippen LogP contribution in [0.25, 0.3) is 0 Å². The lowest BCUT2D eigenvalue weighted by Gasteiger charge is -2.27. The van der Waals surface area contributed by atoms with Crippen molar-refractivity contribution in [2.24, 2.45) is 0 Å². The molecule has 6 heteroatoms. The first-order valence-electron chi connectivity index (χ1n) is 8.95. The van der Waals surface area contributed by atoms with Gasteiger partial charge in [0.25, 0.3) is 0 Å². The average molecular weight is 376 g/mol. The summed E-state index contributed by atoms with van der Waals surface area (Å²) < 4.78 is 0. The number of rotatable bonds is 8. The Morgan fingerprint density at radius 1 is 1.04 bits per heavy atom. The van der Waals surface area contributed by atoms with Gasteiger partial charge in [-0.05, 0) is 46.2 Å². The molecule has 0 saturated carbocycles. The molecular weight excluding hydrogens is 346 g/mol. The first kappa shape index (κ1) is 20.5. The molecule has 0 spiro atoms. The SMILES string of the molecule is CC1(C)C=C(C(=O)NCCCNC(=O)CSc2ccccc2)C(C)(C)N1. The normalized spacial score (nSPS) is 17.5. The molecule has 3 N–H and O–H groups in total. The molecule has 0 bridgehead atoms. The van der Waals surface area contributed by atoms with E-state index in [1.807, 2.05) is 50.3 Å². The Hall–Kier alpha value is -1.79. The van der Waals surface area contributed by atoms with Crippen molar-refractivity contribution in [3.05, 3.63) is 42.0 Å². The topological polar surface area (TPSA) is 70.2 Å². The van der Waals surface area contributed by atoms with Gasteiger partial charge in [-0.15, -0.1) is 11.8 Å². The van der Waals surface area contributed by atoms with Gasteiger partial charge in [0.15, 0.2) is 0 Å². The van der Waals surface area contributed by atoms with Crippen LogP contribution in [0.2, 0.25) is 0 Å². The predicted octanol–water partition coefficient (Wildman–Crippen LogP) is 2.49. The number of amides is 2. The molecule has 1 aliphatic heterocycles. The summed E-state index contributed by atoms with van der Waals surface area (Å²) in [4.78, 5) is 25.3. The molecule has 1 heterocycles. The van der Waals surface area contributed by atoms with Gasteiger partial charge in [-0.2, -0.15) is 0 Å². The lowest BCUT2D eigenvalue weighted by molar-refractivity contribution is -0.118. The summed E-state index contributed by atoms with van der Waals surface area (Å²) >= 11 is 1.52. The molecule has 0 aliphatic carbocycles. The van der Waals surface area contributed by atoms with Gasteiger partial charge in [-0.3, -0.25) is 14.9 Å². The van der Waals surface area contributed by atoms with Crippen LogP contribution >= 0.6 is 11.8 Å². The molecule has 1 aliphatic rings. The molecule has 142 valence electrons. The van der Waals surface area contributed by atoms with Gasteiger partial charge in [0.1, 0.15) is 0 Å². The fourth-order valence-electron chi connectivity index (χ4n) is 3.13. The highest BCUT2D eigenvalue weighted by Gasteiger charge is 2.39. The van der Waals surface area contributed by atoms with E-state index in [9.17, 15) is 9.59 Å². The number of carbonyl (C=O) groups excluding carboxylic acids is 2. The van der Waals surface area contributed by atoms with Crippen molar-refractivity contribution >= 4 is 23.6 Å². The van der Waals surface area contributed by atoms with E-state index in [4.69, 9.17) is 0 Å². The van der Waals surface area contributed by atoms with Crippen molar-refractivity contribution in [1.82, 2.24) is 16.0 Å². The highest BCUT2D eigenvalue weighted by molar-refractivity contribution is 8.00. The van der Waals surface area contributed by atoms with E-state index in [1.54, 1.807) is 0 Å². The second-order valence-electron chi connectivity index (χ2n) is 7.59. The third-order valence-electron chi connectivity index (χ3n) is 4.13. The van der Waals surface area contributed by atoms with Crippen LogP contribution in [-0.2, 0) is 9.59 Å². The fraction of sp³-hybridized carbons (Fsp3) is 0.500. The van der Waals surface area contributed by atoms with Gasteiger partial charge in [0.2, 0.25) is 11.8 Å². The van der Waals surface area contributed by atoms with E-state index in [0.29, 0.717) is 25.3 Å². The van der Waals surface area contributed by atoms with Crippen LogP contribution in [0.5, 0.6) is 0 Å². The van der Waals surface area contributed by atoms with Gasteiger partial charge in [0.05, 0.1) is 5.75 Å². The van der Waals surface area contributed by atoms with Gasteiger partial charge in [0, 0.05) is 34.6 Å². The molecule has 0 aromatic heterocycles. The Labute approximate surface area is 160 Å². The van der Waals surface area contributed by atoms with Gasteiger partial charge >= 0.3 is 0 Å². The molecule has 1 aromatic rings. The largest absolute Gasteiger partial charge is 0.355 e. The van der Waals surface area contributed by atoms with Gasteiger partial charge in [-0.25, -0.2) is 0 Å². The molecule has 0 radical (unpaired) electrons. The third-order valence-corrected chi connectivity index (χ3v) is 5.14. The van der Waals surface area contributed by atoms with Crippen molar-refractivity contribution in [2.75, 3.05) is 18.8 Å². The molecule has 5 nitrogen and oxygen atoms in total. The summed E-state index contributed by atoms with van der Waals surface area (Å²) in [6.45, 7) is 9.23. The standard InChI is InChI=1S/C20H29N3O2S/c1-19(2)13-16(20(3,4)23-19)18(25)22-12-8-11-21-17(24)14-26-15-9-6-5-7-10-15/h5-7,9-10,13,23H,8,11-12,14H2,1-4H3,(H,21,24)(H,22,25). The third kappa shape index (κ3) is 6.18. The number of thioether (sulfide) groups is 1. The van der Waals surface area contributed by atoms with Crippen molar-refractivity contribution in [3.63, 3.8) is 0 Å². The Morgan fingerprint density at radius 3 is 2.31 bits per heavy atom. The zero-order valence-corrected chi connectivity index (χ0v) is 16.8. The lowest BCUT2D eigenvalue weighted by atomic mass is 9.96. The maximum absolute atomic E-state index is 12.4. The number of benzene rings is 1. The quantitative estimate of drug-likeness (QED) is 0.482. The van der Waals surface area contributed by atoms with Gasteiger partial charge < -0.3 is 10.6 Å². The zero-order chi connectivity index (χ0) is 19.2. The minimum absolute atomic E-state index is 0.00997. The molecule has 0 saturated heterocycles. The Balaban J connectivity index is 1.63. The van der Waals surface area contributed by atoms with Gasteiger partial charge in [-0.1, -0.05) is 24.3 Å². The second kappa shape index (κ2) is 8.73. The predicted molar refractivity (Wildman–Crippen MR) is 107 cm³/mol. The molecule has 26 heavy (non-hydrogen) atoms. The average Bonchev–Trinajstić information content (AvgIpc) is 2.80. The molecule has 0 fully saturated rings. The summed E-state index contributed by atoms with van der Waals surface area (Å²) in [5.74, 6) is 0.368. The monoisotopic (exact) mass is 375 g/mol. The van der Waals surface area contributed by atoms with Crippen molar-refractivity contribution in [2.45, 2.75) is 50.1 Å². The van der Waals surface area contributed by atoms with Crippen LogP contribution in [0.1, 0.15) is 34.1 Å². The van der Waals surface area contributed by atoms with Crippen LogP contribution in [0.15, 0.2) is 46.9 Å². The molecule has 2 rings (SSSR count). The minimum atomic E-state index is -0.337. The van der Waals surface area contributed by atoms with E-state index in [0.717, 1.165) is 10.5 Å². The molecular formula is C20H29N3O2S. The molecule has 0 atom stereocenters. The number of hydrogen-bond donors (Lipinski definition) is 3. The zero-order valence-electron chi connectivity index (χ0n) is 16.0. The summed E-state index contributed by atoms with van der Waals surface area (Å²) in [5.41, 5.74) is 0.252. The fourth-order valence-corrected chi connectivity index (χ4v) is 3.88. The summed E-state index contributed by atoms with van der Waals surface area (Å²) in [5, 5.41) is 9.27. The van der Waals surface area contributed by atoms with E-state index in [-0.39, 0.29) is 22.9 Å². The lowest BCUT2D eigenvalue weighted by Crippen LogP contribution is -2.47. The smallest absolute Gasteiger partial charge is 0.248 e. The number of carbonyl (C=O) groups is 2. The van der Waals surface area contributed by atoms with E-state index < -0.39 is 0 Å². The van der Waals surface area contributed by atoms with Crippen LogP contribution in [-0.4, -0.2) is 41.7 Å². The van der Waals surface area contributed by atoms with Crippen LogP contribution in [0, 0.1) is 0 Å². The van der Waals surface area contributed by atoms with E-state index in [2.05, 4.69) is 29.8 Å². The highest BCUT2D eigenvalue weighted by Crippen LogP contribution is 2.29. The summed E-state index contributed by atoms with van der Waals surface area (Å²) in [7, 11) is 0. The second-order valence-corrected chi connectivity index (χ2v) is 8.64. The Bertz CT molecular complexity index is 669. The molecule has 0 unspecified atom stereocenters. The van der Waals surface area contributed by atoms with Crippen molar-refractivity contribution in [3.8, 4) is 0 Å². The minimum Gasteiger partial charge on any atom is -0.355 e. The first-order chi connectivity index (χ1) is 12.2. The Kier molecular flexibility index (Phi) is 6.89. The molecule has 1 aromatic carbocycles. The van der Waals surface area contributed by atoms with E-state index in [1.165, 1.54) is 11.8 Å². The highest BCUT2D eigenvalue weighted by atomic mass is 32.2. The first-order valence-corrected chi connectivity index (χ1v) is 9.94. The van der Waals surface area contributed by atoms with Crippen molar-refractivity contribution in [1.29, 1.82) is 0 Å². The Morgan fingerprint density at radius 2 is 1.69 bits per heavy atom. The number of hydrogen-bond acceptors (Lipinski definition) is 4. The molecule has 2 amide bonds. The van der Waals surface area contributed by atoms with Crippen LogP contribution in [0.4, 0.5) is 0 Å². The number of nitrogens with one attached hydrogen (secondary N) is 3. The van der Waals surface area contributed by atoms with Crippen molar-refractivity contribution < 1.29 is 9.59 Å². The van der Waals surface area contributed by atoms with E-state index >= 15 is 0 Å². The summed E-state index contributed by atoms with van der Waals surface area (Å²) in [6, 6.07) is 9.85.